The van der Waals surface area contributed by atoms with Crippen molar-refractivity contribution in [3.63, 3.8) is 0 Å². The van der Waals surface area contributed by atoms with E-state index in [0.717, 1.165) is 0 Å². The predicted molar refractivity (Wildman–Crippen MR) is 138 cm³/mol. The second kappa shape index (κ2) is 10.4. The summed E-state index contributed by atoms with van der Waals surface area (Å²) < 4.78 is 16.9. The Balaban J connectivity index is 1.59. The number of nitrogens with zero attached hydrogens (tertiary/aromatic N) is 1. The molecule has 35 heavy (non-hydrogen) atoms. The van der Waals surface area contributed by atoms with Gasteiger partial charge in [-0.05, 0) is 86.2 Å². The summed E-state index contributed by atoms with van der Waals surface area (Å²) in [7, 11) is 1.53. The van der Waals surface area contributed by atoms with Crippen LogP contribution < -0.4 is 24.4 Å². The molecule has 1 fully saturated rings. The molecular weight excluding hydrogens is 464 g/mol. The number of carbonyl (C=O) groups excluding carboxylic acids is 2. The number of amides is 2. The maximum atomic E-state index is 13.3. The number of ether oxygens (including phenoxy) is 3. The van der Waals surface area contributed by atoms with E-state index >= 15 is 0 Å². The average Bonchev–Trinajstić information content (AvgIpc) is 2.84. The number of thiocarbonyl (C=S) groups is 1. The van der Waals surface area contributed by atoms with Gasteiger partial charge in [0, 0.05) is 0 Å². The maximum absolute atomic E-state index is 13.3. The van der Waals surface area contributed by atoms with Crippen molar-refractivity contribution >= 4 is 40.9 Å². The van der Waals surface area contributed by atoms with Crippen molar-refractivity contribution in [2.75, 3.05) is 12.0 Å². The third-order valence-corrected chi connectivity index (χ3v) is 5.32. The zero-order valence-electron chi connectivity index (χ0n) is 19.5. The van der Waals surface area contributed by atoms with E-state index in [-0.39, 0.29) is 16.8 Å². The van der Waals surface area contributed by atoms with E-state index in [1.165, 1.54) is 18.1 Å². The van der Waals surface area contributed by atoms with Gasteiger partial charge in [-0.1, -0.05) is 24.3 Å². The van der Waals surface area contributed by atoms with Gasteiger partial charge in [0.1, 0.15) is 17.1 Å². The molecule has 0 aliphatic carbocycles. The van der Waals surface area contributed by atoms with E-state index in [0.29, 0.717) is 34.2 Å². The van der Waals surface area contributed by atoms with E-state index in [9.17, 15) is 9.59 Å². The first-order valence-electron chi connectivity index (χ1n) is 10.9. The zero-order chi connectivity index (χ0) is 24.9. The largest absolute Gasteiger partial charge is 0.493 e. The monoisotopic (exact) mass is 488 g/mol. The molecule has 1 N–H and O–H groups in total. The quantitative estimate of drug-likeness (QED) is 0.283. The molecule has 1 heterocycles. The summed E-state index contributed by atoms with van der Waals surface area (Å²) in [5.74, 6) is 1.27. The fraction of sp³-hybridized carbons (Fsp3) is 0.148. The Labute approximate surface area is 208 Å². The Morgan fingerprint density at radius 2 is 1.60 bits per heavy atom. The van der Waals surface area contributed by atoms with Gasteiger partial charge in [-0.15, -0.1) is 0 Å². The molecule has 1 saturated heterocycles. The predicted octanol–water partition coefficient (Wildman–Crippen LogP) is 5.11. The summed E-state index contributed by atoms with van der Waals surface area (Å²) in [5, 5.41) is 2.60. The lowest BCUT2D eigenvalue weighted by atomic mass is 10.1. The van der Waals surface area contributed by atoms with E-state index < -0.39 is 11.8 Å². The number of anilines is 1. The van der Waals surface area contributed by atoms with Gasteiger partial charge >= 0.3 is 0 Å². The van der Waals surface area contributed by atoms with E-state index in [1.807, 2.05) is 44.2 Å². The average molecular weight is 489 g/mol. The first kappa shape index (κ1) is 24.0. The van der Waals surface area contributed by atoms with Gasteiger partial charge in [0.2, 0.25) is 0 Å². The van der Waals surface area contributed by atoms with Crippen LogP contribution in [0.15, 0.2) is 78.4 Å². The Morgan fingerprint density at radius 1 is 0.914 bits per heavy atom. The first-order chi connectivity index (χ1) is 16.9. The molecule has 0 atom stereocenters. The van der Waals surface area contributed by atoms with Crippen LogP contribution in [-0.4, -0.2) is 30.1 Å². The van der Waals surface area contributed by atoms with Crippen molar-refractivity contribution in [1.29, 1.82) is 0 Å². The summed E-state index contributed by atoms with van der Waals surface area (Å²) >= 11 is 5.29. The lowest BCUT2D eigenvalue weighted by molar-refractivity contribution is -0.122. The number of hydrogen-bond acceptors (Lipinski definition) is 6. The van der Waals surface area contributed by atoms with Crippen LogP contribution >= 0.6 is 12.2 Å². The molecule has 1 aliphatic heterocycles. The number of carbonyl (C=O) groups is 2. The van der Waals surface area contributed by atoms with Crippen LogP contribution in [0.4, 0.5) is 5.69 Å². The highest BCUT2D eigenvalue weighted by Crippen LogP contribution is 2.31. The molecule has 0 spiro atoms. The zero-order valence-corrected chi connectivity index (χ0v) is 20.3. The molecule has 0 bridgehead atoms. The van der Waals surface area contributed by atoms with Crippen molar-refractivity contribution in [2.24, 2.45) is 0 Å². The van der Waals surface area contributed by atoms with E-state index in [1.54, 1.807) is 42.5 Å². The second-order valence-electron chi connectivity index (χ2n) is 7.94. The van der Waals surface area contributed by atoms with Gasteiger partial charge in [0.25, 0.3) is 11.8 Å². The highest BCUT2D eigenvalue weighted by Gasteiger charge is 2.34. The number of para-hydroxylation sites is 1. The van der Waals surface area contributed by atoms with Crippen molar-refractivity contribution in [1.82, 2.24) is 5.32 Å². The van der Waals surface area contributed by atoms with Crippen LogP contribution in [0.1, 0.15) is 19.4 Å². The molecule has 0 radical (unpaired) electrons. The Hall–Kier alpha value is -4.17. The standard InChI is InChI=1S/C27H24N2O5S/c1-17(2)33-23-14-9-18(16-24(23)32-3)15-22-25(30)28-27(35)29(26(22)31)19-10-12-21(13-11-19)34-20-7-5-4-6-8-20/h4-17H,1-3H3,(H,28,30,35). The van der Waals surface area contributed by atoms with Crippen LogP contribution in [0.2, 0.25) is 0 Å². The lowest BCUT2D eigenvalue weighted by Gasteiger charge is -2.29. The first-order valence-corrected chi connectivity index (χ1v) is 11.4. The highest BCUT2D eigenvalue weighted by atomic mass is 32.1. The van der Waals surface area contributed by atoms with Gasteiger partial charge in [-0.3, -0.25) is 19.8 Å². The molecule has 4 rings (SSSR count). The molecule has 0 aromatic heterocycles. The fourth-order valence-corrected chi connectivity index (χ4v) is 3.75. The number of methoxy groups -OCH3 is 1. The molecule has 3 aromatic carbocycles. The molecule has 0 saturated carbocycles. The number of hydrogen-bond donors (Lipinski definition) is 1. The van der Waals surface area contributed by atoms with Crippen LogP contribution in [0.3, 0.4) is 0 Å². The number of benzene rings is 3. The molecule has 178 valence electrons. The van der Waals surface area contributed by atoms with Crippen LogP contribution in [0, 0.1) is 0 Å². The third-order valence-electron chi connectivity index (χ3n) is 5.04. The fourth-order valence-electron chi connectivity index (χ4n) is 3.47. The van der Waals surface area contributed by atoms with Gasteiger partial charge in [-0.2, -0.15) is 0 Å². The lowest BCUT2D eigenvalue weighted by Crippen LogP contribution is -2.54. The minimum absolute atomic E-state index is 0.00661. The molecule has 2 amide bonds. The molecule has 8 heteroatoms. The molecule has 7 nitrogen and oxygen atoms in total. The Morgan fingerprint density at radius 3 is 2.26 bits per heavy atom. The van der Waals surface area contributed by atoms with Crippen molar-refractivity contribution in [2.45, 2.75) is 20.0 Å². The van der Waals surface area contributed by atoms with Gasteiger partial charge in [-0.25, -0.2) is 0 Å². The summed E-state index contributed by atoms with van der Waals surface area (Å²) in [6, 6.07) is 21.4. The van der Waals surface area contributed by atoms with Gasteiger partial charge in [0.05, 0.1) is 18.9 Å². The normalized spacial score (nSPS) is 14.8. The maximum Gasteiger partial charge on any atom is 0.270 e. The summed E-state index contributed by atoms with van der Waals surface area (Å²) in [5.41, 5.74) is 1.06. The number of nitrogens with one attached hydrogen (secondary N) is 1. The third kappa shape index (κ3) is 5.50. The molecule has 3 aromatic rings. The molecule has 1 aliphatic rings. The summed E-state index contributed by atoms with van der Waals surface area (Å²) in [4.78, 5) is 27.2. The van der Waals surface area contributed by atoms with Crippen molar-refractivity contribution in [3.05, 3.63) is 83.9 Å². The smallest absolute Gasteiger partial charge is 0.270 e. The van der Waals surface area contributed by atoms with Gasteiger partial charge < -0.3 is 14.2 Å². The van der Waals surface area contributed by atoms with Crippen molar-refractivity contribution < 1.29 is 23.8 Å². The highest BCUT2D eigenvalue weighted by molar-refractivity contribution is 7.80. The summed E-state index contributed by atoms with van der Waals surface area (Å²) in [6.45, 7) is 3.83. The van der Waals surface area contributed by atoms with Crippen molar-refractivity contribution in [3.8, 4) is 23.0 Å². The van der Waals surface area contributed by atoms with E-state index in [2.05, 4.69) is 5.32 Å². The Kier molecular flexibility index (Phi) is 7.12. The van der Waals surface area contributed by atoms with Crippen LogP contribution in [-0.2, 0) is 9.59 Å². The van der Waals surface area contributed by atoms with E-state index in [4.69, 9.17) is 26.4 Å². The van der Waals surface area contributed by atoms with Crippen LogP contribution in [0.5, 0.6) is 23.0 Å². The molecular formula is C27H24N2O5S. The second-order valence-corrected chi connectivity index (χ2v) is 8.33. The summed E-state index contributed by atoms with van der Waals surface area (Å²) in [6.07, 6.45) is 1.47. The number of rotatable bonds is 7. The van der Waals surface area contributed by atoms with Crippen LogP contribution in [0.25, 0.3) is 6.08 Å². The SMILES string of the molecule is COc1cc(C=C2C(=O)NC(=S)N(c3ccc(Oc4ccccc4)cc3)C2=O)ccc1OC(C)C. The molecule has 0 unspecified atom stereocenters. The Bertz CT molecular complexity index is 1290. The van der Waals surface area contributed by atoms with Gasteiger partial charge in [0.15, 0.2) is 16.6 Å². The minimum Gasteiger partial charge on any atom is -0.493 e. The topological polar surface area (TPSA) is 77.1 Å². The minimum atomic E-state index is -0.568.